The molecule has 2 nitrogen and oxygen atoms in total. The van der Waals surface area contributed by atoms with Gasteiger partial charge in [0.15, 0.2) is 0 Å². The Bertz CT molecular complexity index is 407. The van der Waals surface area contributed by atoms with E-state index in [4.69, 9.17) is 0 Å². The summed E-state index contributed by atoms with van der Waals surface area (Å²) in [4.78, 5) is 2.49. The van der Waals surface area contributed by atoms with Crippen molar-refractivity contribution in [2.24, 2.45) is 5.92 Å². The second kappa shape index (κ2) is 6.51. The molecule has 2 unspecified atom stereocenters. The molecule has 1 saturated heterocycles. The molecule has 1 fully saturated rings. The van der Waals surface area contributed by atoms with Gasteiger partial charge in [-0.25, -0.2) is 0 Å². The van der Waals surface area contributed by atoms with Gasteiger partial charge in [-0.1, -0.05) is 6.07 Å². The summed E-state index contributed by atoms with van der Waals surface area (Å²) in [5, 5.41) is 3.34. The lowest BCUT2D eigenvalue weighted by atomic mass is 9.85. The zero-order chi connectivity index (χ0) is 13.1. The number of likely N-dealkylation sites (tertiary alicyclic amines) is 1. The van der Waals surface area contributed by atoms with E-state index in [9.17, 15) is 0 Å². The Kier molecular flexibility index (Phi) is 5.24. The van der Waals surface area contributed by atoms with Crippen LogP contribution in [0.15, 0.2) is 27.1 Å². The SMILES string of the molecule is CNCC1CCCN(C)C1c1ccc(Br)c(Br)c1. The summed E-state index contributed by atoms with van der Waals surface area (Å²) in [5.74, 6) is 0.696. The minimum atomic E-state index is 0.524. The first-order chi connectivity index (χ1) is 8.63. The van der Waals surface area contributed by atoms with Crippen LogP contribution in [-0.4, -0.2) is 32.1 Å². The van der Waals surface area contributed by atoms with Gasteiger partial charge in [0.05, 0.1) is 0 Å². The highest BCUT2D eigenvalue weighted by atomic mass is 79.9. The maximum absolute atomic E-state index is 3.61. The molecule has 0 bridgehead atoms. The molecule has 1 heterocycles. The van der Waals surface area contributed by atoms with Crippen molar-refractivity contribution in [2.75, 3.05) is 27.2 Å². The molecule has 0 radical (unpaired) electrons. The number of hydrogen-bond donors (Lipinski definition) is 1. The largest absolute Gasteiger partial charge is 0.319 e. The fourth-order valence-electron chi connectivity index (χ4n) is 2.96. The third-order valence-electron chi connectivity index (χ3n) is 3.76. The van der Waals surface area contributed by atoms with Crippen molar-refractivity contribution in [2.45, 2.75) is 18.9 Å². The van der Waals surface area contributed by atoms with Crippen molar-refractivity contribution >= 4 is 31.9 Å². The van der Waals surface area contributed by atoms with E-state index in [0.717, 1.165) is 15.5 Å². The lowest BCUT2D eigenvalue weighted by Gasteiger charge is -2.39. The molecule has 18 heavy (non-hydrogen) atoms. The lowest BCUT2D eigenvalue weighted by Crippen LogP contribution is -2.39. The summed E-state index contributed by atoms with van der Waals surface area (Å²) >= 11 is 7.15. The number of rotatable bonds is 3. The summed E-state index contributed by atoms with van der Waals surface area (Å²) in [6, 6.07) is 7.15. The molecule has 1 aliphatic rings. The van der Waals surface area contributed by atoms with Gasteiger partial charge in [0.25, 0.3) is 0 Å². The van der Waals surface area contributed by atoms with Gasteiger partial charge >= 0.3 is 0 Å². The fourth-order valence-corrected chi connectivity index (χ4v) is 3.60. The molecule has 1 aromatic carbocycles. The maximum atomic E-state index is 3.61. The van der Waals surface area contributed by atoms with Gasteiger partial charge in [-0.15, -0.1) is 0 Å². The van der Waals surface area contributed by atoms with Crippen LogP contribution in [0.4, 0.5) is 0 Å². The Morgan fingerprint density at radius 2 is 2.11 bits per heavy atom. The van der Waals surface area contributed by atoms with E-state index >= 15 is 0 Å². The standard InChI is InChI=1S/C14H20Br2N2/c1-17-9-11-4-3-7-18(2)14(11)10-5-6-12(15)13(16)8-10/h5-6,8,11,14,17H,3-4,7,9H2,1-2H3. The molecule has 1 aliphatic heterocycles. The third-order valence-corrected chi connectivity index (χ3v) is 5.64. The molecule has 0 saturated carbocycles. The Morgan fingerprint density at radius 3 is 2.78 bits per heavy atom. The smallest absolute Gasteiger partial charge is 0.0385 e. The van der Waals surface area contributed by atoms with E-state index < -0.39 is 0 Å². The molecule has 2 rings (SSSR count). The molecular weight excluding hydrogens is 356 g/mol. The molecule has 2 atom stereocenters. The van der Waals surface area contributed by atoms with Crippen LogP contribution < -0.4 is 5.32 Å². The molecular formula is C14H20Br2N2. The normalized spacial score (nSPS) is 25.3. The van der Waals surface area contributed by atoms with Crippen LogP contribution in [0.25, 0.3) is 0 Å². The predicted molar refractivity (Wildman–Crippen MR) is 83.9 cm³/mol. The van der Waals surface area contributed by atoms with E-state index in [2.05, 4.69) is 67.3 Å². The quantitative estimate of drug-likeness (QED) is 0.863. The minimum Gasteiger partial charge on any atom is -0.319 e. The average molecular weight is 376 g/mol. The summed E-state index contributed by atoms with van der Waals surface area (Å²) in [6.45, 7) is 2.28. The molecule has 1 aromatic rings. The Labute approximate surface area is 126 Å². The van der Waals surface area contributed by atoms with Crippen LogP contribution in [0.3, 0.4) is 0 Å². The van der Waals surface area contributed by atoms with E-state index in [1.54, 1.807) is 0 Å². The van der Waals surface area contributed by atoms with Crippen molar-refractivity contribution in [3.05, 3.63) is 32.7 Å². The van der Waals surface area contributed by atoms with Crippen LogP contribution in [0.2, 0.25) is 0 Å². The molecule has 0 aliphatic carbocycles. The first-order valence-electron chi connectivity index (χ1n) is 6.43. The van der Waals surface area contributed by atoms with E-state index in [0.29, 0.717) is 12.0 Å². The van der Waals surface area contributed by atoms with Crippen molar-refractivity contribution in [1.82, 2.24) is 10.2 Å². The van der Waals surface area contributed by atoms with Gasteiger partial charge in [-0.05, 0) is 95.5 Å². The number of nitrogens with one attached hydrogen (secondary N) is 1. The fraction of sp³-hybridized carbons (Fsp3) is 0.571. The van der Waals surface area contributed by atoms with Gasteiger partial charge < -0.3 is 5.32 Å². The minimum absolute atomic E-state index is 0.524. The molecule has 4 heteroatoms. The maximum Gasteiger partial charge on any atom is 0.0385 e. The Morgan fingerprint density at radius 1 is 1.33 bits per heavy atom. The second-order valence-corrected chi connectivity index (χ2v) is 6.77. The van der Waals surface area contributed by atoms with E-state index in [1.165, 1.54) is 24.9 Å². The van der Waals surface area contributed by atoms with Crippen LogP contribution in [0.5, 0.6) is 0 Å². The van der Waals surface area contributed by atoms with Crippen molar-refractivity contribution in [3.8, 4) is 0 Å². The number of piperidine rings is 1. The van der Waals surface area contributed by atoms with Gasteiger partial charge in [0, 0.05) is 15.0 Å². The zero-order valence-corrected chi connectivity index (χ0v) is 14.1. The van der Waals surface area contributed by atoms with E-state index in [1.807, 2.05) is 7.05 Å². The van der Waals surface area contributed by atoms with Crippen LogP contribution in [0.1, 0.15) is 24.4 Å². The first-order valence-corrected chi connectivity index (χ1v) is 8.02. The monoisotopic (exact) mass is 374 g/mol. The van der Waals surface area contributed by atoms with Crippen molar-refractivity contribution in [3.63, 3.8) is 0 Å². The topological polar surface area (TPSA) is 15.3 Å². The first kappa shape index (κ1) is 14.5. The highest BCUT2D eigenvalue weighted by Crippen LogP contribution is 2.37. The second-order valence-electron chi connectivity index (χ2n) is 5.06. The van der Waals surface area contributed by atoms with Gasteiger partial charge in [-0.2, -0.15) is 0 Å². The molecule has 0 amide bonds. The van der Waals surface area contributed by atoms with Crippen LogP contribution >= 0.6 is 31.9 Å². The third kappa shape index (κ3) is 3.16. The van der Waals surface area contributed by atoms with Crippen LogP contribution in [-0.2, 0) is 0 Å². The summed E-state index contributed by atoms with van der Waals surface area (Å²) < 4.78 is 2.26. The van der Waals surface area contributed by atoms with E-state index in [-0.39, 0.29) is 0 Å². The highest BCUT2D eigenvalue weighted by Gasteiger charge is 2.30. The molecule has 0 spiro atoms. The molecule has 1 N–H and O–H groups in total. The number of nitrogens with zero attached hydrogens (tertiary/aromatic N) is 1. The summed E-state index contributed by atoms with van der Waals surface area (Å²) in [7, 11) is 4.28. The molecule has 0 aromatic heterocycles. The number of hydrogen-bond acceptors (Lipinski definition) is 2. The lowest BCUT2D eigenvalue weighted by molar-refractivity contribution is 0.121. The van der Waals surface area contributed by atoms with Crippen molar-refractivity contribution < 1.29 is 0 Å². The van der Waals surface area contributed by atoms with Gasteiger partial charge in [-0.3, -0.25) is 4.90 Å². The van der Waals surface area contributed by atoms with Crippen molar-refractivity contribution in [1.29, 1.82) is 0 Å². The Hall–Kier alpha value is 0.1000. The van der Waals surface area contributed by atoms with Gasteiger partial charge in [0.1, 0.15) is 0 Å². The van der Waals surface area contributed by atoms with Crippen LogP contribution in [0, 0.1) is 5.92 Å². The van der Waals surface area contributed by atoms with Gasteiger partial charge in [0.2, 0.25) is 0 Å². The predicted octanol–water partition coefficient (Wildman–Crippen LogP) is 3.81. The average Bonchev–Trinajstić information content (AvgIpc) is 2.34. The highest BCUT2D eigenvalue weighted by molar-refractivity contribution is 9.13. The summed E-state index contributed by atoms with van der Waals surface area (Å²) in [6.07, 6.45) is 2.61. The Balaban J connectivity index is 2.28. The number of benzene rings is 1. The molecule has 100 valence electrons. The zero-order valence-electron chi connectivity index (χ0n) is 10.9. The number of halogens is 2. The summed E-state index contributed by atoms with van der Waals surface area (Å²) in [5.41, 5.74) is 1.41.